The summed E-state index contributed by atoms with van der Waals surface area (Å²) in [5.41, 5.74) is 1.02. The van der Waals surface area contributed by atoms with Crippen LogP contribution in [0.1, 0.15) is 20.8 Å². The second-order valence-electron chi connectivity index (χ2n) is 5.09. The van der Waals surface area contributed by atoms with Crippen molar-refractivity contribution in [2.75, 3.05) is 11.9 Å². The third-order valence-corrected chi connectivity index (χ3v) is 2.71. The Hall–Kier alpha value is -1.03. The molecule has 0 saturated carbocycles. The van der Waals surface area contributed by atoms with E-state index in [0.717, 1.165) is 27.8 Å². The van der Waals surface area contributed by atoms with Crippen LogP contribution in [0, 0.1) is 5.41 Å². The van der Waals surface area contributed by atoms with E-state index in [4.69, 9.17) is 4.52 Å². The second-order valence-corrected chi connectivity index (χ2v) is 6.00. The molecular formula is C12H15BrN2O. The van der Waals surface area contributed by atoms with Crippen LogP contribution in [0.3, 0.4) is 0 Å². The minimum Gasteiger partial charge on any atom is -0.366 e. The number of rotatable bonds is 2. The van der Waals surface area contributed by atoms with Gasteiger partial charge in [-0.05, 0) is 23.6 Å². The van der Waals surface area contributed by atoms with Gasteiger partial charge in [0.2, 0.25) is 0 Å². The van der Waals surface area contributed by atoms with Crippen LogP contribution < -0.4 is 5.32 Å². The highest BCUT2D eigenvalue weighted by molar-refractivity contribution is 9.10. The fourth-order valence-corrected chi connectivity index (χ4v) is 1.75. The van der Waals surface area contributed by atoms with Gasteiger partial charge in [-0.1, -0.05) is 41.9 Å². The molecular weight excluding hydrogens is 268 g/mol. The highest BCUT2D eigenvalue weighted by atomic mass is 79.9. The third kappa shape index (κ3) is 2.55. The molecule has 0 fully saturated rings. The Bertz CT molecular complexity index is 499. The van der Waals surface area contributed by atoms with E-state index in [1.165, 1.54) is 0 Å². The van der Waals surface area contributed by atoms with Gasteiger partial charge in [-0.3, -0.25) is 0 Å². The fourth-order valence-electron chi connectivity index (χ4n) is 1.39. The van der Waals surface area contributed by atoms with Gasteiger partial charge in [0.05, 0.1) is 5.39 Å². The molecule has 3 nitrogen and oxygen atoms in total. The van der Waals surface area contributed by atoms with Crippen molar-refractivity contribution in [3.05, 3.63) is 22.7 Å². The molecule has 16 heavy (non-hydrogen) atoms. The summed E-state index contributed by atoms with van der Waals surface area (Å²) in [5, 5.41) is 8.35. The summed E-state index contributed by atoms with van der Waals surface area (Å²) >= 11 is 3.44. The number of anilines is 1. The van der Waals surface area contributed by atoms with E-state index in [0.29, 0.717) is 0 Å². The van der Waals surface area contributed by atoms with Gasteiger partial charge >= 0.3 is 0 Å². The number of benzene rings is 1. The van der Waals surface area contributed by atoms with E-state index in [9.17, 15) is 0 Å². The smallest absolute Gasteiger partial charge is 0.177 e. The molecule has 0 spiro atoms. The molecule has 4 heteroatoms. The van der Waals surface area contributed by atoms with Crippen molar-refractivity contribution in [3.8, 4) is 0 Å². The summed E-state index contributed by atoms with van der Waals surface area (Å²) in [4.78, 5) is 0. The molecule has 2 rings (SSSR count). The molecule has 1 aromatic carbocycles. The number of hydrogen-bond acceptors (Lipinski definition) is 3. The molecule has 1 aromatic heterocycles. The number of halogens is 1. The van der Waals surface area contributed by atoms with Gasteiger partial charge in [0.1, 0.15) is 0 Å². The SMILES string of the molecule is CC(C)(C)CNc1noc2ccc(Br)cc12. The van der Waals surface area contributed by atoms with Crippen LogP contribution in [0.25, 0.3) is 11.0 Å². The highest BCUT2D eigenvalue weighted by Gasteiger charge is 2.13. The number of nitrogens with zero attached hydrogens (tertiary/aromatic N) is 1. The lowest BCUT2D eigenvalue weighted by molar-refractivity contribution is 0.434. The second kappa shape index (κ2) is 4.09. The molecule has 0 unspecified atom stereocenters. The van der Waals surface area contributed by atoms with Gasteiger partial charge in [-0.2, -0.15) is 0 Å². The number of nitrogens with one attached hydrogen (secondary N) is 1. The van der Waals surface area contributed by atoms with Crippen molar-refractivity contribution >= 4 is 32.7 Å². The molecule has 0 aliphatic carbocycles. The highest BCUT2D eigenvalue weighted by Crippen LogP contribution is 2.27. The first-order valence-electron chi connectivity index (χ1n) is 5.24. The molecule has 2 aromatic rings. The standard InChI is InChI=1S/C12H15BrN2O/c1-12(2,3)7-14-11-9-6-8(13)4-5-10(9)16-15-11/h4-6H,7H2,1-3H3,(H,14,15). The molecule has 1 heterocycles. The summed E-state index contributed by atoms with van der Waals surface area (Å²) in [6.07, 6.45) is 0. The first kappa shape index (κ1) is 11.5. The van der Waals surface area contributed by atoms with E-state index in [2.05, 4.69) is 47.2 Å². The van der Waals surface area contributed by atoms with Gasteiger partial charge in [0.15, 0.2) is 11.4 Å². The molecule has 0 radical (unpaired) electrons. The van der Waals surface area contributed by atoms with Gasteiger partial charge in [-0.25, -0.2) is 0 Å². The van der Waals surface area contributed by atoms with Crippen LogP contribution in [0.4, 0.5) is 5.82 Å². The molecule has 0 amide bonds. The maximum absolute atomic E-state index is 5.24. The number of fused-ring (bicyclic) bond motifs is 1. The summed E-state index contributed by atoms with van der Waals surface area (Å²) in [6.45, 7) is 7.40. The van der Waals surface area contributed by atoms with Crippen molar-refractivity contribution in [2.45, 2.75) is 20.8 Å². The molecule has 86 valence electrons. The summed E-state index contributed by atoms with van der Waals surface area (Å²) in [5.74, 6) is 0.811. The van der Waals surface area contributed by atoms with E-state index < -0.39 is 0 Å². The van der Waals surface area contributed by atoms with Crippen LogP contribution >= 0.6 is 15.9 Å². The number of aromatic nitrogens is 1. The largest absolute Gasteiger partial charge is 0.366 e. The van der Waals surface area contributed by atoms with Gasteiger partial charge < -0.3 is 9.84 Å². The maximum atomic E-state index is 5.24. The summed E-state index contributed by atoms with van der Waals surface area (Å²) < 4.78 is 6.27. The number of hydrogen-bond donors (Lipinski definition) is 1. The molecule has 0 bridgehead atoms. The molecule has 0 aliphatic rings. The van der Waals surface area contributed by atoms with Gasteiger partial charge in [0, 0.05) is 11.0 Å². The normalized spacial score (nSPS) is 12.0. The Morgan fingerprint density at radius 3 is 2.81 bits per heavy atom. The van der Waals surface area contributed by atoms with Crippen molar-refractivity contribution in [1.29, 1.82) is 0 Å². The van der Waals surface area contributed by atoms with Crippen molar-refractivity contribution in [1.82, 2.24) is 5.16 Å². The topological polar surface area (TPSA) is 38.1 Å². The minimum absolute atomic E-state index is 0.220. The molecule has 0 atom stereocenters. The fraction of sp³-hybridized carbons (Fsp3) is 0.417. The van der Waals surface area contributed by atoms with E-state index in [-0.39, 0.29) is 5.41 Å². The van der Waals surface area contributed by atoms with E-state index in [1.807, 2.05) is 18.2 Å². The first-order chi connectivity index (χ1) is 7.46. The zero-order valence-corrected chi connectivity index (χ0v) is 11.3. The predicted molar refractivity (Wildman–Crippen MR) is 69.7 cm³/mol. The van der Waals surface area contributed by atoms with Gasteiger partial charge in [-0.15, -0.1) is 0 Å². The Balaban J connectivity index is 2.28. The Morgan fingerprint density at radius 1 is 1.38 bits per heavy atom. The quantitative estimate of drug-likeness (QED) is 0.903. The Morgan fingerprint density at radius 2 is 2.12 bits per heavy atom. The summed E-state index contributed by atoms with van der Waals surface area (Å²) in [6, 6.07) is 5.87. The zero-order chi connectivity index (χ0) is 11.8. The van der Waals surface area contributed by atoms with Crippen LogP contribution in [0.2, 0.25) is 0 Å². The average molecular weight is 283 g/mol. The van der Waals surface area contributed by atoms with Crippen molar-refractivity contribution < 1.29 is 4.52 Å². The van der Waals surface area contributed by atoms with Crippen molar-refractivity contribution in [2.24, 2.45) is 5.41 Å². The Labute approximate surface area is 103 Å². The predicted octanol–water partition coefficient (Wildman–Crippen LogP) is 4.05. The zero-order valence-electron chi connectivity index (χ0n) is 9.67. The first-order valence-corrected chi connectivity index (χ1v) is 6.04. The van der Waals surface area contributed by atoms with Crippen LogP contribution in [0.15, 0.2) is 27.2 Å². The van der Waals surface area contributed by atoms with Crippen LogP contribution in [-0.4, -0.2) is 11.7 Å². The lowest BCUT2D eigenvalue weighted by Crippen LogP contribution is -2.19. The summed E-state index contributed by atoms with van der Waals surface area (Å²) in [7, 11) is 0. The van der Waals surface area contributed by atoms with Gasteiger partial charge in [0.25, 0.3) is 0 Å². The molecule has 1 N–H and O–H groups in total. The Kier molecular flexibility index (Phi) is 2.93. The average Bonchev–Trinajstić information content (AvgIpc) is 2.56. The van der Waals surface area contributed by atoms with E-state index in [1.54, 1.807) is 0 Å². The van der Waals surface area contributed by atoms with Crippen LogP contribution in [0.5, 0.6) is 0 Å². The minimum atomic E-state index is 0.220. The molecule has 0 aliphatic heterocycles. The lowest BCUT2D eigenvalue weighted by atomic mass is 9.97. The lowest BCUT2D eigenvalue weighted by Gasteiger charge is -2.18. The van der Waals surface area contributed by atoms with Crippen molar-refractivity contribution in [3.63, 3.8) is 0 Å². The maximum Gasteiger partial charge on any atom is 0.177 e. The third-order valence-electron chi connectivity index (χ3n) is 2.22. The van der Waals surface area contributed by atoms with E-state index >= 15 is 0 Å². The molecule has 0 saturated heterocycles. The monoisotopic (exact) mass is 282 g/mol. The van der Waals surface area contributed by atoms with Crippen LogP contribution in [-0.2, 0) is 0 Å².